The number of halogens is 1. The standard InChI is InChI=1S/C27H18ClNO5/c1-14-10-12-15(13-11-14)22-20-21(26(33)29(25(20)32)19-9-5-4-8-18(19)28)27(34-22)23(30)16-6-2-3-7-17(16)24(27)31/h2-13,20-22H,1H3/t20-,21+,22+/m0/s1. The Bertz CT molecular complexity index is 1380. The minimum Gasteiger partial charge on any atom is -0.349 e. The minimum atomic E-state index is -2.09. The molecule has 7 heteroatoms. The van der Waals surface area contributed by atoms with Gasteiger partial charge in [-0.15, -0.1) is 0 Å². The molecule has 2 aliphatic heterocycles. The number of aryl methyl sites for hydroxylation is 1. The van der Waals surface area contributed by atoms with E-state index in [1.165, 1.54) is 0 Å². The lowest BCUT2D eigenvalue weighted by Gasteiger charge is -2.27. The summed E-state index contributed by atoms with van der Waals surface area (Å²) >= 11 is 6.33. The summed E-state index contributed by atoms with van der Waals surface area (Å²) in [5.41, 5.74) is 0.157. The third-order valence-corrected chi connectivity index (χ3v) is 7.34. The lowest BCUT2D eigenvalue weighted by molar-refractivity contribution is -0.127. The predicted octanol–water partition coefficient (Wildman–Crippen LogP) is 4.34. The first-order valence-electron chi connectivity index (χ1n) is 10.9. The summed E-state index contributed by atoms with van der Waals surface area (Å²) < 4.78 is 6.26. The van der Waals surface area contributed by atoms with Gasteiger partial charge in [0.25, 0.3) is 0 Å². The number of anilines is 1. The number of ketones is 2. The molecule has 6 nitrogen and oxygen atoms in total. The zero-order valence-corrected chi connectivity index (χ0v) is 18.8. The maximum absolute atomic E-state index is 13.8. The molecule has 2 saturated heterocycles. The van der Waals surface area contributed by atoms with Crippen LogP contribution in [0.15, 0.2) is 72.8 Å². The maximum Gasteiger partial charge on any atom is 0.241 e. The highest BCUT2D eigenvalue weighted by Gasteiger charge is 2.74. The van der Waals surface area contributed by atoms with Crippen molar-refractivity contribution in [3.05, 3.63) is 100 Å². The number of Topliss-reactive ketones (excluding diaryl/α,β-unsaturated/α-hetero) is 2. The van der Waals surface area contributed by atoms with Crippen LogP contribution >= 0.6 is 11.6 Å². The number of amides is 2. The summed E-state index contributed by atoms with van der Waals surface area (Å²) in [6, 6.07) is 20.2. The average Bonchev–Trinajstić information content (AvgIpc) is 3.40. The molecule has 34 heavy (non-hydrogen) atoms. The van der Waals surface area contributed by atoms with Crippen molar-refractivity contribution < 1.29 is 23.9 Å². The summed E-state index contributed by atoms with van der Waals surface area (Å²) in [5, 5.41) is 0.221. The van der Waals surface area contributed by atoms with Crippen LogP contribution in [0, 0.1) is 18.8 Å². The molecule has 0 aromatic heterocycles. The van der Waals surface area contributed by atoms with Crippen LogP contribution in [0.1, 0.15) is 37.9 Å². The van der Waals surface area contributed by atoms with Crippen LogP contribution in [0.4, 0.5) is 5.69 Å². The molecular formula is C27H18ClNO5. The molecule has 1 spiro atoms. The molecule has 168 valence electrons. The molecule has 0 N–H and O–H groups in total. The number of ether oxygens (including phenoxy) is 1. The predicted molar refractivity (Wildman–Crippen MR) is 124 cm³/mol. The van der Waals surface area contributed by atoms with Crippen LogP contribution in [-0.4, -0.2) is 29.0 Å². The molecule has 0 saturated carbocycles. The molecule has 3 aromatic rings. The highest BCUT2D eigenvalue weighted by Crippen LogP contribution is 2.58. The number of hydrogen-bond donors (Lipinski definition) is 0. The Morgan fingerprint density at radius 2 is 1.38 bits per heavy atom. The monoisotopic (exact) mass is 471 g/mol. The van der Waals surface area contributed by atoms with E-state index in [0.717, 1.165) is 10.5 Å². The molecule has 1 aliphatic carbocycles. The zero-order valence-electron chi connectivity index (χ0n) is 18.0. The van der Waals surface area contributed by atoms with Crippen molar-refractivity contribution in [2.75, 3.05) is 4.90 Å². The van der Waals surface area contributed by atoms with Crippen molar-refractivity contribution in [3.63, 3.8) is 0 Å². The second-order valence-corrected chi connectivity index (χ2v) is 9.26. The van der Waals surface area contributed by atoms with Gasteiger partial charge in [0.1, 0.15) is 0 Å². The Kier molecular flexibility index (Phi) is 4.43. The molecule has 0 bridgehead atoms. The van der Waals surface area contributed by atoms with Crippen LogP contribution in [0.25, 0.3) is 0 Å². The maximum atomic E-state index is 13.8. The van der Waals surface area contributed by atoms with Crippen molar-refractivity contribution in [1.82, 2.24) is 0 Å². The number of benzene rings is 3. The molecular weight excluding hydrogens is 454 g/mol. The number of carbonyl (C=O) groups excluding carboxylic acids is 4. The van der Waals surface area contributed by atoms with Crippen molar-refractivity contribution >= 4 is 40.7 Å². The van der Waals surface area contributed by atoms with Gasteiger partial charge in [-0.1, -0.05) is 77.8 Å². The Labute approximate surface area is 200 Å². The van der Waals surface area contributed by atoms with E-state index in [2.05, 4.69) is 0 Å². The van der Waals surface area contributed by atoms with E-state index in [1.807, 2.05) is 19.1 Å². The first kappa shape index (κ1) is 21.0. The lowest BCUT2D eigenvalue weighted by Crippen LogP contribution is -2.51. The van der Waals surface area contributed by atoms with Crippen molar-refractivity contribution in [3.8, 4) is 0 Å². The Hall–Kier alpha value is -3.61. The van der Waals surface area contributed by atoms with Gasteiger partial charge in [0.2, 0.25) is 29.0 Å². The fraction of sp³-hybridized carbons (Fsp3) is 0.185. The molecule has 3 aliphatic rings. The van der Waals surface area contributed by atoms with Gasteiger partial charge in [-0.25, -0.2) is 4.90 Å². The number of hydrogen-bond acceptors (Lipinski definition) is 5. The number of carbonyl (C=O) groups is 4. The first-order valence-corrected chi connectivity index (χ1v) is 11.3. The topological polar surface area (TPSA) is 80.8 Å². The van der Waals surface area contributed by atoms with E-state index in [9.17, 15) is 19.2 Å². The number of para-hydroxylation sites is 1. The summed E-state index contributed by atoms with van der Waals surface area (Å²) in [4.78, 5) is 56.1. The van der Waals surface area contributed by atoms with Crippen molar-refractivity contribution in [2.45, 2.75) is 18.6 Å². The SMILES string of the molecule is Cc1ccc([C@H]2OC3(C(=O)c4ccccc4C3=O)[C@H]3C(=O)N(c4ccccc4Cl)C(=O)[C@H]23)cc1. The minimum absolute atomic E-state index is 0.201. The van der Waals surface area contributed by atoms with Gasteiger partial charge in [0, 0.05) is 11.1 Å². The third-order valence-electron chi connectivity index (χ3n) is 7.02. The van der Waals surface area contributed by atoms with Gasteiger partial charge in [-0.3, -0.25) is 19.2 Å². The van der Waals surface area contributed by atoms with Crippen LogP contribution in [0.3, 0.4) is 0 Å². The van der Waals surface area contributed by atoms with Gasteiger partial charge in [0.05, 0.1) is 28.6 Å². The third kappa shape index (κ3) is 2.55. The fourth-order valence-corrected chi connectivity index (χ4v) is 5.66. The summed E-state index contributed by atoms with van der Waals surface area (Å²) in [6.07, 6.45) is -0.947. The van der Waals surface area contributed by atoms with Gasteiger partial charge in [-0.05, 0) is 24.6 Å². The second-order valence-electron chi connectivity index (χ2n) is 8.86. The Morgan fingerprint density at radius 3 is 2.00 bits per heavy atom. The molecule has 0 unspecified atom stereocenters. The normalized spacial score (nSPS) is 24.8. The van der Waals surface area contributed by atoms with E-state index in [0.29, 0.717) is 5.56 Å². The number of nitrogens with zero attached hydrogens (tertiary/aromatic N) is 1. The zero-order chi connectivity index (χ0) is 23.8. The van der Waals surface area contributed by atoms with Crippen molar-refractivity contribution in [1.29, 1.82) is 0 Å². The van der Waals surface area contributed by atoms with Gasteiger partial charge < -0.3 is 4.74 Å². The van der Waals surface area contributed by atoms with Gasteiger partial charge in [0.15, 0.2) is 0 Å². The van der Waals surface area contributed by atoms with Crippen molar-refractivity contribution in [2.24, 2.45) is 11.8 Å². The Balaban J connectivity index is 1.56. The summed E-state index contributed by atoms with van der Waals surface area (Å²) in [5.74, 6) is -4.71. The molecule has 3 atom stereocenters. The fourth-order valence-electron chi connectivity index (χ4n) is 5.44. The largest absolute Gasteiger partial charge is 0.349 e. The van der Waals surface area contributed by atoms with Crippen LogP contribution < -0.4 is 4.90 Å². The average molecular weight is 472 g/mol. The molecule has 0 radical (unpaired) electrons. The van der Waals surface area contributed by atoms with E-state index in [1.54, 1.807) is 60.7 Å². The number of rotatable bonds is 2. The molecule has 2 amide bonds. The number of imide groups is 1. The van der Waals surface area contributed by atoms with Crippen LogP contribution in [-0.2, 0) is 14.3 Å². The number of fused-ring (bicyclic) bond motifs is 3. The highest BCUT2D eigenvalue weighted by molar-refractivity contribution is 6.39. The molecule has 2 fully saturated rings. The van der Waals surface area contributed by atoms with Gasteiger partial charge >= 0.3 is 0 Å². The quantitative estimate of drug-likeness (QED) is 0.410. The first-order chi connectivity index (χ1) is 16.4. The van der Waals surface area contributed by atoms with E-state index < -0.39 is 46.9 Å². The lowest BCUT2D eigenvalue weighted by atomic mass is 9.77. The molecule has 2 heterocycles. The van der Waals surface area contributed by atoms with Gasteiger partial charge in [-0.2, -0.15) is 0 Å². The van der Waals surface area contributed by atoms with E-state index in [-0.39, 0.29) is 21.8 Å². The second kappa shape index (κ2) is 7.19. The van der Waals surface area contributed by atoms with Crippen LogP contribution in [0.5, 0.6) is 0 Å². The van der Waals surface area contributed by atoms with E-state index >= 15 is 0 Å². The smallest absolute Gasteiger partial charge is 0.241 e. The summed E-state index contributed by atoms with van der Waals surface area (Å²) in [7, 11) is 0. The highest BCUT2D eigenvalue weighted by atomic mass is 35.5. The molecule has 6 rings (SSSR count). The Morgan fingerprint density at radius 1 is 0.794 bits per heavy atom. The van der Waals surface area contributed by atoms with E-state index in [4.69, 9.17) is 16.3 Å². The molecule has 3 aromatic carbocycles. The summed E-state index contributed by atoms with van der Waals surface area (Å²) in [6.45, 7) is 1.92. The van der Waals surface area contributed by atoms with Crippen LogP contribution in [0.2, 0.25) is 5.02 Å².